The van der Waals surface area contributed by atoms with E-state index in [-0.39, 0.29) is 18.8 Å². The highest BCUT2D eigenvalue weighted by molar-refractivity contribution is 6.30. The number of halogens is 1. The largest absolute Gasteiger partial charge is 0.493 e. The van der Waals surface area contributed by atoms with Crippen molar-refractivity contribution in [3.8, 4) is 11.5 Å². The molecule has 0 heterocycles. The third kappa shape index (κ3) is 8.37. The van der Waals surface area contributed by atoms with Crippen LogP contribution in [0.15, 0.2) is 78.5 Å². The predicted molar refractivity (Wildman–Crippen MR) is 143 cm³/mol. The van der Waals surface area contributed by atoms with Crippen molar-refractivity contribution in [1.29, 1.82) is 0 Å². The maximum atomic E-state index is 12.9. The van der Waals surface area contributed by atoms with E-state index in [9.17, 15) is 9.59 Å². The lowest BCUT2D eigenvalue weighted by atomic mass is 10.1. The molecule has 0 radical (unpaired) electrons. The molecule has 0 spiro atoms. The molecule has 0 aromatic heterocycles. The van der Waals surface area contributed by atoms with Crippen LogP contribution in [0.1, 0.15) is 34.3 Å². The summed E-state index contributed by atoms with van der Waals surface area (Å²) in [5.41, 5.74) is 2.28. The quantitative estimate of drug-likeness (QED) is 0.308. The summed E-state index contributed by atoms with van der Waals surface area (Å²) >= 11 is 5.91. The van der Waals surface area contributed by atoms with Crippen LogP contribution in [-0.2, 0) is 11.2 Å². The lowest BCUT2D eigenvalue weighted by Gasteiger charge is -2.12. The fraction of sp³-hybridized carbons (Fsp3) is 0.241. The molecule has 0 saturated heterocycles. The Morgan fingerprint density at radius 3 is 2.27 bits per heavy atom. The van der Waals surface area contributed by atoms with Gasteiger partial charge in [-0.1, -0.05) is 35.9 Å². The summed E-state index contributed by atoms with van der Waals surface area (Å²) in [5, 5.41) is 15.0. The zero-order chi connectivity index (χ0) is 26.0. The Morgan fingerprint density at radius 2 is 1.62 bits per heavy atom. The first-order chi connectivity index (χ1) is 18.0. The molecule has 4 rings (SSSR count). The number of hydrogen-bond acceptors (Lipinski definition) is 5. The van der Waals surface area contributed by atoms with Crippen LogP contribution in [0.3, 0.4) is 0 Å². The minimum atomic E-state index is -0.497. The molecule has 2 amide bonds. The van der Waals surface area contributed by atoms with Crippen molar-refractivity contribution in [2.75, 3.05) is 19.8 Å². The Labute approximate surface area is 221 Å². The number of amides is 2. The highest BCUT2D eigenvalue weighted by Gasteiger charge is 2.23. The first kappa shape index (κ1) is 26.3. The maximum absolute atomic E-state index is 12.9. The van der Waals surface area contributed by atoms with Crippen molar-refractivity contribution >= 4 is 29.5 Å². The van der Waals surface area contributed by atoms with Crippen LogP contribution in [0, 0.1) is 0 Å². The molecule has 1 aliphatic rings. The van der Waals surface area contributed by atoms with Crippen LogP contribution in [-0.4, -0.2) is 42.8 Å². The van der Waals surface area contributed by atoms with Gasteiger partial charge in [-0.15, -0.1) is 0 Å². The summed E-state index contributed by atoms with van der Waals surface area (Å²) in [6.45, 7) is 0.345. The lowest BCUT2D eigenvalue weighted by Crippen LogP contribution is -2.36. The molecule has 37 heavy (non-hydrogen) atoms. The number of ether oxygens (including phenoxy) is 2. The topological polar surface area (TPSA) is 96.9 Å². The van der Waals surface area contributed by atoms with E-state index in [1.165, 1.54) is 0 Å². The predicted octanol–water partition coefficient (Wildman–Crippen LogP) is 4.38. The number of benzene rings is 3. The number of aliphatic hydroxyl groups excluding tert-OH is 1. The van der Waals surface area contributed by atoms with Gasteiger partial charge in [0.25, 0.3) is 11.8 Å². The molecule has 192 valence electrons. The molecule has 8 heteroatoms. The molecule has 3 N–H and O–H groups in total. The standard InChI is InChI=1S/C29H29ClN2O5/c30-23-7-1-20(2-8-23)15-18-36-24-11-5-22(6-12-24)28(34)32-27(29(35)31-16-17-33)19-21-3-9-25(10-4-21)37-26-13-14-26/h1-12,19,26,33H,13-18H2,(H,31,35)(H,32,34)/b27-19-. The third-order valence-corrected chi connectivity index (χ3v) is 5.85. The van der Waals surface area contributed by atoms with E-state index in [0.29, 0.717) is 29.0 Å². The van der Waals surface area contributed by atoms with Crippen molar-refractivity contribution < 1.29 is 24.2 Å². The van der Waals surface area contributed by atoms with Gasteiger partial charge in [0.15, 0.2) is 0 Å². The van der Waals surface area contributed by atoms with Crippen molar-refractivity contribution in [3.63, 3.8) is 0 Å². The summed E-state index contributed by atoms with van der Waals surface area (Å²) in [5.74, 6) is 0.468. The second-order valence-corrected chi connectivity index (χ2v) is 9.06. The number of nitrogens with one attached hydrogen (secondary N) is 2. The van der Waals surface area contributed by atoms with E-state index in [4.69, 9.17) is 26.2 Å². The molecule has 1 fully saturated rings. The fourth-order valence-electron chi connectivity index (χ4n) is 3.45. The number of carbonyl (C=O) groups is 2. The summed E-state index contributed by atoms with van der Waals surface area (Å²) in [6.07, 6.45) is 4.74. The molecular formula is C29H29ClN2O5. The molecule has 0 unspecified atom stereocenters. The minimum absolute atomic E-state index is 0.0672. The average Bonchev–Trinajstić information content (AvgIpc) is 3.73. The van der Waals surface area contributed by atoms with E-state index in [1.54, 1.807) is 30.3 Å². The van der Waals surface area contributed by atoms with Gasteiger partial charge in [0.2, 0.25) is 0 Å². The van der Waals surface area contributed by atoms with Gasteiger partial charge in [-0.2, -0.15) is 0 Å². The Morgan fingerprint density at radius 1 is 0.946 bits per heavy atom. The normalized spacial score (nSPS) is 13.1. The SMILES string of the molecule is O=C(NCCO)/C(=C/c1ccc(OC2CC2)cc1)NC(=O)c1ccc(OCCc2ccc(Cl)cc2)cc1. The van der Waals surface area contributed by atoms with E-state index >= 15 is 0 Å². The van der Waals surface area contributed by atoms with Gasteiger partial charge < -0.3 is 25.2 Å². The van der Waals surface area contributed by atoms with E-state index in [2.05, 4.69) is 10.6 Å². The summed E-state index contributed by atoms with van der Waals surface area (Å²) in [7, 11) is 0. The highest BCUT2D eigenvalue weighted by Crippen LogP contribution is 2.27. The molecule has 7 nitrogen and oxygen atoms in total. The van der Waals surface area contributed by atoms with Crippen LogP contribution < -0.4 is 20.1 Å². The minimum Gasteiger partial charge on any atom is -0.493 e. The van der Waals surface area contributed by atoms with Crippen LogP contribution in [0.2, 0.25) is 5.02 Å². The van der Waals surface area contributed by atoms with E-state index < -0.39 is 11.8 Å². The van der Waals surface area contributed by atoms with E-state index in [0.717, 1.165) is 36.1 Å². The van der Waals surface area contributed by atoms with Crippen molar-refractivity contribution in [3.05, 3.63) is 100 Å². The summed E-state index contributed by atoms with van der Waals surface area (Å²) < 4.78 is 11.5. The van der Waals surface area contributed by atoms with Gasteiger partial charge in [0.1, 0.15) is 17.2 Å². The molecule has 1 aliphatic carbocycles. The number of aliphatic hydroxyl groups is 1. The Hall–Kier alpha value is -3.81. The molecule has 0 aliphatic heterocycles. The van der Waals surface area contributed by atoms with Gasteiger partial charge in [-0.25, -0.2) is 0 Å². The molecule has 0 atom stereocenters. The van der Waals surface area contributed by atoms with E-state index in [1.807, 2.05) is 48.5 Å². The van der Waals surface area contributed by atoms with Crippen molar-refractivity contribution in [2.24, 2.45) is 0 Å². The Balaban J connectivity index is 1.37. The van der Waals surface area contributed by atoms with Gasteiger partial charge in [0, 0.05) is 23.6 Å². The monoisotopic (exact) mass is 520 g/mol. The molecule has 0 bridgehead atoms. The first-order valence-electron chi connectivity index (χ1n) is 12.2. The number of carbonyl (C=O) groups excluding carboxylic acids is 2. The molecular weight excluding hydrogens is 492 g/mol. The van der Waals surface area contributed by atoms with Crippen molar-refractivity contribution in [1.82, 2.24) is 10.6 Å². The lowest BCUT2D eigenvalue weighted by molar-refractivity contribution is -0.117. The maximum Gasteiger partial charge on any atom is 0.267 e. The zero-order valence-corrected chi connectivity index (χ0v) is 21.0. The van der Waals surface area contributed by atoms with Gasteiger partial charge in [-0.05, 0) is 78.6 Å². The molecule has 3 aromatic rings. The average molecular weight is 521 g/mol. The first-order valence-corrected chi connectivity index (χ1v) is 12.5. The van der Waals surface area contributed by atoms with Crippen LogP contribution in [0.25, 0.3) is 6.08 Å². The van der Waals surface area contributed by atoms with Gasteiger partial charge in [-0.3, -0.25) is 9.59 Å². The Kier molecular flexibility index (Phi) is 9.18. The molecule has 3 aromatic carbocycles. The van der Waals surface area contributed by atoms with Gasteiger partial charge >= 0.3 is 0 Å². The second-order valence-electron chi connectivity index (χ2n) is 8.63. The summed E-state index contributed by atoms with van der Waals surface area (Å²) in [6, 6.07) is 21.6. The highest BCUT2D eigenvalue weighted by atomic mass is 35.5. The number of hydrogen-bond donors (Lipinski definition) is 3. The van der Waals surface area contributed by atoms with Crippen LogP contribution in [0.4, 0.5) is 0 Å². The smallest absolute Gasteiger partial charge is 0.267 e. The fourth-order valence-corrected chi connectivity index (χ4v) is 3.57. The summed E-state index contributed by atoms with van der Waals surface area (Å²) in [4.78, 5) is 25.5. The number of rotatable bonds is 12. The van der Waals surface area contributed by atoms with Gasteiger partial charge in [0.05, 0.1) is 19.3 Å². The third-order valence-electron chi connectivity index (χ3n) is 5.60. The van der Waals surface area contributed by atoms with Crippen LogP contribution in [0.5, 0.6) is 11.5 Å². The van der Waals surface area contributed by atoms with Crippen LogP contribution >= 0.6 is 11.6 Å². The second kappa shape index (κ2) is 12.9. The molecule has 1 saturated carbocycles. The zero-order valence-electron chi connectivity index (χ0n) is 20.3. The Bertz CT molecular complexity index is 1220. The van der Waals surface area contributed by atoms with Crippen molar-refractivity contribution in [2.45, 2.75) is 25.4 Å².